The zero-order chi connectivity index (χ0) is 16.6. The molecule has 8 nitrogen and oxygen atoms in total. The first-order valence-corrected chi connectivity index (χ1v) is 6.51. The quantitative estimate of drug-likeness (QED) is 0.213. The average Bonchev–Trinajstić information content (AvgIpc) is 2.45. The third kappa shape index (κ3) is 6.08. The lowest BCUT2D eigenvalue weighted by molar-refractivity contribution is -0.135. The molecular formula is C13H24O8. The van der Waals surface area contributed by atoms with E-state index in [2.05, 4.69) is 6.58 Å². The lowest BCUT2D eigenvalue weighted by Crippen LogP contribution is -2.40. The van der Waals surface area contributed by atoms with Gasteiger partial charge in [-0.1, -0.05) is 6.58 Å². The minimum Gasteiger partial charge on any atom is -0.478 e. The monoisotopic (exact) mass is 308 g/mol. The van der Waals surface area contributed by atoms with Crippen LogP contribution in [0.1, 0.15) is 19.3 Å². The van der Waals surface area contributed by atoms with Gasteiger partial charge in [0.15, 0.2) is 0 Å². The van der Waals surface area contributed by atoms with Crippen molar-refractivity contribution in [2.45, 2.75) is 37.6 Å². The standard InChI is InChI=1S/C13H24O8/c1-8(12(20)21)13(2-9(17)5-14,3-10(18)6-15)4-11(19)7-16/h9-11,14-19H,1-7H2,(H,20,21). The summed E-state index contributed by atoms with van der Waals surface area (Å²) in [6.45, 7) is 1.49. The summed E-state index contributed by atoms with van der Waals surface area (Å²) >= 11 is 0. The second-order valence-electron chi connectivity index (χ2n) is 5.19. The highest BCUT2D eigenvalue weighted by Crippen LogP contribution is 2.41. The van der Waals surface area contributed by atoms with Gasteiger partial charge in [0.2, 0.25) is 0 Å². The summed E-state index contributed by atoms with van der Waals surface area (Å²) in [5, 5.41) is 64.9. The maximum atomic E-state index is 11.2. The van der Waals surface area contributed by atoms with Crippen LogP contribution >= 0.6 is 0 Å². The van der Waals surface area contributed by atoms with E-state index in [4.69, 9.17) is 20.4 Å². The number of hydrogen-bond donors (Lipinski definition) is 7. The third-order valence-corrected chi connectivity index (χ3v) is 3.41. The van der Waals surface area contributed by atoms with Gasteiger partial charge in [-0.3, -0.25) is 0 Å². The van der Waals surface area contributed by atoms with Crippen LogP contribution in [-0.2, 0) is 4.79 Å². The summed E-state index contributed by atoms with van der Waals surface area (Å²) in [5.74, 6) is -1.39. The molecule has 0 aromatic rings. The molecule has 0 radical (unpaired) electrons. The fourth-order valence-electron chi connectivity index (χ4n) is 2.39. The maximum absolute atomic E-state index is 11.2. The Morgan fingerprint density at radius 3 is 1.33 bits per heavy atom. The molecule has 3 atom stereocenters. The van der Waals surface area contributed by atoms with E-state index in [0.29, 0.717) is 0 Å². The number of aliphatic hydroxyl groups is 6. The van der Waals surface area contributed by atoms with Crippen LogP contribution in [0.5, 0.6) is 0 Å². The molecule has 0 aliphatic heterocycles. The Morgan fingerprint density at radius 1 is 0.857 bits per heavy atom. The molecule has 0 saturated heterocycles. The summed E-state index contributed by atoms with van der Waals surface area (Å²) < 4.78 is 0. The number of rotatable bonds is 11. The van der Waals surface area contributed by atoms with Gasteiger partial charge < -0.3 is 35.7 Å². The van der Waals surface area contributed by atoms with Crippen molar-refractivity contribution in [3.63, 3.8) is 0 Å². The topological polar surface area (TPSA) is 159 Å². The first-order valence-electron chi connectivity index (χ1n) is 6.51. The molecule has 0 saturated carbocycles. The summed E-state index contributed by atoms with van der Waals surface area (Å²) in [4.78, 5) is 11.2. The summed E-state index contributed by atoms with van der Waals surface area (Å²) in [7, 11) is 0. The number of aliphatic carboxylic acids is 1. The Morgan fingerprint density at radius 2 is 1.14 bits per heavy atom. The van der Waals surface area contributed by atoms with Crippen molar-refractivity contribution in [3.8, 4) is 0 Å². The summed E-state index contributed by atoms with van der Waals surface area (Å²) in [6, 6.07) is 0. The van der Waals surface area contributed by atoms with Crippen LogP contribution in [0, 0.1) is 5.41 Å². The van der Waals surface area contributed by atoms with Crippen LogP contribution in [-0.4, -0.2) is 79.8 Å². The van der Waals surface area contributed by atoms with Gasteiger partial charge in [-0.05, 0) is 19.3 Å². The zero-order valence-corrected chi connectivity index (χ0v) is 11.7. The first-order chi connectivity index (χ1) is 9.72. The first kappa shape index (κ1) is 20.0. The predicted molar refractivity (Wildman–Crippen MR) is 72.3 cm³/mol. The second-order valence-corrected chi connectivity index (χ2v) is 5.19. The fraction of sp³-hybridized carbons (Fsp3) is 0.769. The van der Waals surface area contributed by atoms with Crippen LogP contribution in [0.4, 0.5) is 0 Å². The molecule has 124 valence electrons. The van der Waals surface area contributed by atoms with E-state index in [1.165, 1.54) is 0 Å². The molecule has 0 amide bonds. The molecule has 0 aromatic carbocycles. The van der Waals surface area contributed by atoms with Gasteiger partial charge >= 0.3 is 5.97 Å². The zero-order valence-electron chi connectivity index (χ0n) is 11.7. The van der Waals surface area contributed by atoms with Crippen LogP contribution in [0.3, 0.4) is 0 Å². The molecule has 0 bridgehead atoms. The van der Waals surface area contributed by atoms with Crippen molar-refractivity contribution in [2.24, 2.45) is 5.41 Å². The van der Waals surface area contributed by atoms with E-state index < -0.39 is 49.5 Å². The largest absolute Gasteiger partial charge is 0.478 e. The lowest BCUT2D eigenvalue weighted by Gasteiger charge is -2.38. The third-order valence-electron chi connectivity index (χ3n) is 3.41. The van der Waals surface area contributed by atoms with Crippen LogP contribution < -0.4 is 0 Å². The Labute approximate surface area is 122 Å². The van der Waals surface area contributed by atoms with Gasteiger partial charge in [-0.2, -0.15) is 0 Å². The molecule has 3 unspecified atom stereocenters. The Balaban J connectivity index is 5.56. The molecule has 0 spiro atoms. The highest BCUT2D eigenvalue weighted by atomic mass is 16.4. The molecule has 8 heteroatoms. The van der Waals surface area contributed by atoms with Crippen LogP contribution in [0.25, 0.3) is 0 Å². The molecule has 0 rings (SSSR count). The van der Waals surface area contributed by atoms with E-state index in [9.17, 15) is 20.1 Å². The smallest absolute Gasteiger partial charge is 0.331 e. The molecule has 21 heavy (non-hydrogen) atoms. The van der Waals surface area contributed by atoms with Crippen molar-refractivity contribution in [3.05, 3.63) is 12.2 Å². The molecule has 0 heterocycles. The van der Waals surface area contributed by atoms with Crippen molar-refractivity contribution in [1.82, 2.24) is 0 Å². The van der Waals surface area contributed by atoms with Gasteiger partial charge in [-0.15, -0.1) is 0 Å². The van der Waals surface area contributed by atoms with Gasteiger partial charge in [0.1, 0.15) is 0 Å². The van der Waals surface area contributed by atoms with Crippen molar-refractivity contribution in [2.75, 3.05) is 19.8 Å². The van der Waals surface area contributed by atoms with E-state index in [1.54, 1.807) is 0 Å². The Hall–Kier alpha value is -1.03. The normalized spacial score (nSPS) is 18.6. The van der Waals surface area contributed by atoms with Gasteiger partial charge in [0, 0.05) is 11.0 Å². The second kappa shape index (κ2) is 9.08. The lowest BCUT2D eigenvalue weighted by atomic mass is 9.68. The Bertz CT molecular complexity index is 312. The van der Waals surface area contributed by atoms with Crippen LogP contribution in [0.2, 0.25) is 0 Å². The highest BCUT2D eigenvalue weighted by molar-refractivity contribution is 5.87. The molecule has 0 aliphatic rings. The molecule has 7 N–H and O–H groups in total. The van der Waals surface area contributed by atoms with Crippen molar-refractivity contribution < 1.29 is 40.5 Å². The predicted octanol–water partition coefficient (Wildman–Crippen LogP) is -2.16. The van der Waals surface area contributed by atoms with Crippen molar-refractivity contribution in [1.29, 1.82) is 0 Å². The average molecular weight is 308 g/mol. The summed E-state index contributed by atoms with van der Waals surface area (Å²) in [6.07, 6.45) is -4.75. The fourth-order valence-corrected chi connectivity index (χ4v) is 2.39. The number of hydrogen-bond acceptors (Lipinski definition) is 7. The number of carbonyl (C=O) groups is 1. The molecule has 0 aliphatic carbocycles. The minimum atomic E-state index is -1.47. The highest BCUT2D eigenvalue weighted by Gasteiger charge is 2.41. The molecular weight excluding hydrogens is 284 g/mol. The van der Waals surface area contributed by atoms with E-state index in [-0.39, 0.29) is 24.8 Å². The van der Waals surface area contributed by atoms with Gasteiger partial charge in [-0.25, -0.2) is 4.79 Å². The number of carboxylic acid groups (broad SMARTS) is 1. The van der Waals surface area contributed by atoms with E-state index in [0.717, 1.165) is 0 Å². The van der Waals surface area contributed by atoms with Gasteiger partial charge in [0.25, 0.3) is 0 Å². The minimum absolute atomic E-state index is 0.289. The Kier molecular flexibility index (Phi) is 8.64. The molecule has 0 fully saturated rings. The SMILES string of the molecule is C=C(C(=O)O)C(CC(O)CO)(CC(O)CO)CC(O)CO. The number of carboxylic acids is 1. The maximum Gasteiger partial charge on any atom is 0.331 e. The molecule has 0 aromatic heterocycles. The van der Waals surface area contributed by atoms with E-state index in [1.807, 2.05) is 0 Å². The van der Waals surface area contributed by atoms with E-state index >= 15 is 0 Å². The van der Waals surface area contributed by atoms with Crippen LogP contribution in [0.15, 0.2) is 12.2 Å². The van der Waals surface area contributed by atoms with Crippen molar-refractivity contribution >= 4 is 5.97 Å². The number of aliphatic hydroxyl groups excluding tert-OH is 6. The van der Waals surface area contributed by atoms with Gasteiger partial charge in [0.05, 0.1) is 38.1 Å². The summed E-state index contributed by atoms with van der Waals surface area (Å²) in [5.41, 5.74) is -1.85.